The van der Waals surface area contributed by atoms with Crippen LogP contribution in [0, 0.1) is 5.41 Å². The summed E-state index contributed by atoms with van der Waals surface area (Å²) >= 11 is 0. The van der Waals surface area contributed by atoms with E-state index in [1.165, 1.54) is 0 Å². The van der Waals surface area contributed by atoms with Crippen LogP contribution < -0.4 is 0 Å². The zero-order valence-corrected chi connectivity index (χ0v) is 7.85. The second-order valence-electron chi connectivity index (χ2n) is 4.42. The first-order valence-electron chi connectivity index (χ1n) is 4.53. The van der Waals surface area contributed by atoms with Crippen molar-refractivity contribution in [2.24, 2.45) is 5.41 Å². The Kier molecular flexibility index (Phi) is 2.65. The fraction of sp³-hybridized carbons (Fsp3) is 0.800. The quantitative estimate of drug-likeness (QED) is 0.519. The van der Waals surface area contributed by atoms with Crippen molar-refractivity contribution < 1.29 is 9.59 Å². The van der Waals surface area contributed by atoms with Crippen molar-refractivity contribution >= 4 is 11.6 Å². The molecule has 0 amide bonds. The summed E-state index contributed by atoms with van der Waals surface area (Å²) in [5.74, 6) is 0.237. The monoisotopic (exact) mass is 168 g/mol. The molecule has 0 atom stereocenters. The molecule has 0 saturated heterocycles. The molecule has 1 rings (SSSR count). The minimum Gasteiger partial charge on any atom is -0.299 e. The average molecular weight is 168 g/mol. The van der Waals surface area contributed by atoms with Crippen molar-refractivity contribution in [1.29, 1.82) is 0 Å². The van der Waals surface area contributed by atoms with Gasteiger partial charge in [0.15, 0.2) is 0 Å². The third-order valence-electron chi connectivity index (χ3n) is 2.56. The Morgan fingerprint density at radius 1 is 1.00 bits per heavy atom. The van der Waals surface area contributed by atoms with E-state index in [0.717, 1.165) is 12.8 Å². The second kappa shape index (κ2) is 3.38. The molecule has 68 valence electrons. The molecule has 0 N–H and O–H groups in total. The van der Waals surface area contributed by atoms with Crippen molar-refractivity contribution in [1.82, 2.24) is 0 Å². The van der Waals surface area contributed by atoms with Crippen LogP contribution in [0.25, 0.3) is 0 Å². The van der Waals surface area contributed by atoms with Crippen molar-refractivity contribution in [3.63, 3.8) is 0 Å². The maximum Gasteiger partial charge on any atom is 0.140 e. The Labute approximate surface area is 73.3 Å². The van der Waals surface area contributed by atoms with Gasteiger partial charge in [-0.1, -0.05) is 13.8 Å². The van der Waals surface area contributed by atoms with Gasteiger partial charge in [-0.15, -0.1) is 0 Å². The maximum absolute atomic E-state index is 11.1. The fourth-order valence-corrected chi connectivity index (χ4v) is 1.48. The minimum absolute atomic E-state index is 0.118. The summed E-state index contributed by atoms with van der Waals surface area (Å²) in [5.41, 5.74) is 0.172. The molecule has 0 bridgehead atoms. The minimum atomic E-state index is 0.118. The van der Waals surface area contributed by atoms with Gasteiger partial charge in [0, 0.05) is 12.8 Å². The van der Waals surface area contributed by atoms with E-state index in [-0.39, 0.29) is 23.4 Å². The lowest BCUT2D eigenvalue weighted by Crippen LogP contribution is -2.20. The normalized spacial score (nSPS) is 24.8. The van der Waals surface area contributed by atoms with Gasteiger partial charge in [0.1, 0.15) is 11.6 Å². The number of carbonyl (C=O) groups is 2. The van der Waals surface area contributed by atoms with Crippen LogP contribution >= 0.6 is 0 Å². The Morgan fingerprint density at radius 3 is 1.83 bits per heavy atom. The maximum atomic E-state index is 11.1. The summed E-state index contributed by atoms with van der Waals surface area (Å²) in [6.45, 7) is 4.25. The predicted molar refractivity (Wildman–Crippen MR) is 46.9 cm³/mol. The summed E-state index contributed by atoms with van der Waals surface area (Å²) in [4.78, 5) is 22.2. The number of ketones is 2. The molecule has 1 fully saturated rings. The number of hydrogen-bond donors (Lipinski definition) is 0. The molecule has 1 saturated carbocycles. The molecule has 0 unspecified atom stereocenters. The lowest BCUT2D eigenvalue weighted by molar-refractivity contribution is -0.128. The Balaban J connectivity index is 2.59. The first-order chi connectivity index (χ1) is 5.49. The van der Waals surface area contributed by atoms with E-state index in [4.69, 9.17) is 0 Å². The molecule has 1 aliphatic carbocycles. The lowest BCUT2D eigenvalue weighted by Gasteiger charge is -2.25. The highest BCUT2D eigenvalue weighted by molar-refractivity contribution is 5.99. The van der Waals surface area contributed by atoms with E-state index >= 15 is 0 Å². The van der Waals surface area contributed by atoms with Gasteiger partial charge in [-0.05, 0) is 18.3 Å². The van der Waals surface area contributed by atoms with Crippen LogP contribution in [0.2, 0.25) is 0 Å². The summed E-state index contributed by atoms with van der Waals surface area (Å²) in [6, 6.07) is 0. The zero-order chi connectivity index (χ0) is 9.19. The van der Waals surface area contributed by atoms with Crippen molar-refractivity contribution in [2.75, 3.05) is 0 Å². The van der Waals surface area contributed by atoms with E-state index in [1.54, 1.807) is 0 Å². The smallest absolute Gasteiger partial charge is 0.140 e. The third-order valence-corrected chi connectivity index (χ3v) is 2.56. The summed E-state index contributed by atoms with van der Waals surface area (Å²) < 4.78 is 0. The van der Waals surface area contributed by atoms with Gasteiger partial charge in [-0.2, -0.15) is 0 Å². The van der Waals surface area contributed by atoms with Crippen molar-refractivity contribution in [3.8, 4) is 0 Å². The van der Waals surface area contributed by atoms with Crippen LogP contribution in [0.4, 0.5) is 0 Å². The molecule has 12 heavy (non-hydrogen) atoms. The Bertz CT molecular complexity index is 184. The molecule has 0 aliphatic heterocycles. The summed E-state index contributed by atoms with van der Waals surface area (Å²) in [6.07, 6.45) is 3.20. The highest BCUT2D eigenvalue weighted by Crippen LogP contribution is 2.30. The molecule has 0 aromatic carbocycles. The zero-order valence-electron chi connectivity index (χ0n) is 7.85. The predicted octanol–water partition coefficient (Wildman–Crippen LogP) is 2.11. The number of hydrogen-bond acceptors (Lipinski definition) is 2. The van der Waals surface area contributed by atoms with Gasteiger partial charge in [0.25, 0.3) is 0 Å². The van der Waals surface area contributed by atoms with Crippen LogP contribution in [-0.4, -0.2) is 11.6 Å². The van der Waals surface area contributed by atoms with Crippen molar-refractivity contribution in [2.45, 2.75) is 46.0 Å². The molecule has 0 aromatic heterocycles. The standard InChI is InChI=1S/C10H16O2/c1-10(2)5-3-8(11)7-9(12)4-6-10/h3-7H2,1-2H3. The average Bonchev–Trinajstić information content (AvgIpc) is 1.96. The Hall–Kier alpha value is -0.660. The number of rotatable bonds is 0. The van der Waals surface area contributed by atoms with E-state index in [9.17, 15) is 9.59 Å². The van der Waals surface area contributed by atoms with E-state index in [0.29, 0.717) is 12.8 Å². The molecular weight excluding hydrogens is 152 g/mol. The topological polar surface area (TPSA) is 34.1 Å². The van der Waals surface area contributed by atoms with Gasteiger partial charge < -0.3 is 0 Å². The molecule has 0 radical (unpaired) electrons. The molecule has 0 spiro atoms. The van der Waals surface area contributed by atoms with Crippen LogP contribution in [0.3, 0.4) is 0 Å². The highest BCUT2D eigenvalue weighted by atomic mass is 16.1. The SMILES string of the molecule is CC1(C)CCC(=O)CC(=O)CC1. The molecule has 0 aromatic rings. The van der Waals surface area contributed by atoms with E-state index in [1.807, 2.05) is 0 Å². The van der Waals surface area contributed by atoms with Crippen molar-refractivity contribution in [3.05, 3.63) is 0 Å². The molecular formula is C10H16O2. The van der Waals surface area contributed by atoms with Crippen LogP contribution in [0.15, 0.2) is 0 Å². The van der Waals surface area contributed by atoms with Crippen LogP contribution in [0.5, 0.6) is 0 Å². The molecule has 1 aliphatic rings. The third kappa shape index (κ3) is 2.76. The first-order valence-corrected chi connectivity index (χ1v) is 4.53. The van der Waals surface area contributed by atoms with E-state index < -0.39 is 0 Å². The van der Waals surface area contributed by atoms with Crippen LogP contribution in [0.1, 0.15) is 46.0 Å². The first kappa shape index (κ1) is 9.43. The summed E-state index contributed by atoms with van der Waals surface area (Å²) in [7, 11) is 0. The lowest BCUT2D eigenvalue weighted by atomic mass is 9.79. The number of carbonyl (C=O) groups excluding carboxylic acids is 2. The number of Topliss-reactive ketones (excluding diaryl/α,β-unsaturated/α-hetero) is 2. The Morgan fingerprint density at radius 2 is 1.42 bits per heavy atom. The fourth-order valence-electron chi connectivity index (χ4n) is 1.48. The largest absolute Gasteiger partial charge is 0.299 e. The van der Waals surface area contributed by atoms with Crippen LogP contribution in [-0.2, 0) is 9.59 Å². The van der Waals surface area contributed by atoms with Gasteiger partial charge in [-0.25, -0.2) is 0 Å². The van der Waals surface area contributed by atoms with Gasteiger partial charge >= 0.3 is 0 Å². The summed E-state index contributed by atoms with van der Waals surface area (Å²) in [5, 5.41) is 0. The van der Waals surface area contributed by atoms with E-state index in [2.05, 4.69) is 13.8 Å². The van der Waals surface area contributed by atoms with Gasteiger partial charge in [0.2, 0.25) is 0 Å². The molecule has 2 heteroatoms. The molecule has 2 nitrogen and oxygen atoms in total. The molecule has 0 heterocycles. The van der Waals surface area contributed by atoms with Gasteiger partial charge in [-0.3, -0.25) is 9.59 Å². The second-order valence-corrected chi connectivity index (χ2v) is 4.42. The van der Waals surface area contributed by atoms with Gasteiger partial charge in [0.05, 0.1) is 6.42 Å². The highest BCUT2D eigenvalue weighted by Gasteiger charge is 2.24.